The zero-order valence-electron chi connectivity index (χ0n) is 15.8. The summed E-state index contributed by atoms with van der Waals surface area (Å²) in [7, 11) is 1.65. The van der Waals surface area contributed by atoms with Crippen molar-refractivity contribution in [3.63, 3.8) is 0 Å². The van der Waals surface area contributed by atoms with Gasteiger partial charge in [-0.15, -0.1) is 0 Å². The fourth-order valence-corrected chi connectivity index (χ4v) is 4.51. The van der Waals surface area contributed by atoms with Gasteiger partial charge in [-0.05, 0) is 60.4 Å². The van der Waals surface area contributed by atoms with E-state index in [-0.39, 0.29) is 5.91 Å². The second-order valence-electron chi connectivity index (χ2n) is 7.49. The molecule has 4 heteroatoms. The second-order valence-corrected chi connectivity index (χ2v) is 7.49. The number of ether oxygens (including phenoxy) is 1. The van der Waals surface area contributed by atoms with Crippen LogP contribution < -0.4 is 15.0 Å². The van der Waals surface area contributed by atoms with Crippen molar-refractivity contribution in [3.8, 4) is 5.75 Å². The summed E-state index contributed by atoms with van der Waals surface area (Å²) in [6.45, 7) is 0. The van der Waals surface area contributed by atoms with Crippen LogP contribution in [0.5, 0.6) is 5.75 Å². The molecule has 1 aliphatic carbocycles. The topological polar surface area (TPSA) is 41.6 Å². The molecule has 0 saturated heterocycles. The van der Waals surface area contributed by atoms with Crippen LogP contribution in [0.4, 0.5) is 11.4 Å². The van der Waals surface area contributed by atoms with Gasteiger partial charge < -0.3 is 10.1 Å². The Morgan fingerprint density at radius 3 is 2.43 bits per heavy atom. The van der Waals surface area contributed by atoms with Crippen molar-refractivity contribution in [2.75, 3.05) is 17.3 Å². The number of fused-ring (bicyclic) bond motifs is 2. The molecule has 2 aliphatic rings. The normalized spacial score (nSPS) is 20.3. The molecule has 1 amide bonds. The number of carbonyl (C=O) groups excluding carboxylic acids is 1. The maximum absolute atomic E-state index is 13.6. The summed E-state index contributed by atoms with van der Waals surface area (Å²) in [5.74, 6) is 0.823. The Labute approximate surface area is 164 Å². The second kappa shape index (κ2) is 6.41. The lowest BCUT2D eigenvalue weighted by Gasteiger charge is -2.50. The van der Waals surface area contributed by atoms with Gasteiger partial charge in [0.2, 0.25) is 0 Å². The molecule has 1 aliphatic heterocycles. The predicted molar refractivity (Wildman–Crippen MR) is 111 cm³/mol. The molecule has 3 aromatic rings. The minimum absolute atomic E-state index is 0.0406. The third kappa shape index (κ3) is 2.56. The van der Waals surface area contributed by atoms with Crippen molar-refractivity contribution in [1.82, 2.24) is 0 Å². The highest BCUT2D eigenvalue weighted by Crippen LogP contribution is 2.42. The first-order valence-corrected chi connectivity index (χ1v) is 9.63. The van der Waals surface area contributed by atoms with Crippen molar-refractivity contribution in [1.29, 1.82) is 0 Å². The maximum Gasteiger partial charge on any atom is 0.262 e. The molecule has 3 aromatic carbocycles. The lowest BCUT2D eigenvalue weighted by Crippen LogP contribution is -2.63. The van der Waals surface area contributed by atoms with Crippen LogP contribution in [0.1, 0.15) is 27.9 Å². The van der Waals surface area contributed by atoms with Gasteiger partial charge in [-0.3, -0.25) is 9.69 Å². The highest BCUT2D eigenvalue weighted by molar-refractivity contribution is 6.12. The Kier molecular flexibility index (Phi) is 3.86. The molecule has 0 fully saturated rings. The number of benzene rings is 3. The van der Waals surface area contributed by atoms with Gasteiger partial charge in [-0.25, -0.2) is 0 Å². The Morgan fingerprint density at radius 2 is 1.64 bits per heavy atom. The molecule has 0 bridgehead atoms. The first-order valence-electron chi connectivity index (χ1n) is 9.63. The molecule has 0 unspecified atom stereocenters. The van der Waals surface area contributed by atoms with Crippen molar-refractivity contribution in [3.05, 3.63) is 89.5 Å². The minimum Gasteiger partial charge on any atom is -0.497 e. The molecule has 0 radical (unpaired) electrons. The average Bonchev–Trinajstić information content (AvgIpc) is 2.74. The number of aryl methyl sites for hydroxylation is 1. The Balaban J connectivity index is 1.65. The van der Waals surface area contributed by atoms with Crippen LogP contribution in [0.15, 0.2) is 72.8 Å². The van der Waals surface area contributed by atoms with E-state index in [9.17, 15) is 4.79 Å². The zero-order chi connectivity index (χ0) is 19.1. The quantitative estimate of drug-likeness (QED) is 0.714. The van der Waals surface area contributed by atoms with Crippen LogP contribution in [0.2, 0.25) is 0 Å². The Morgan fingerprint density at radius 1 is 0.929 bits per heavy atom. The molecule has 140 valence electrons. The standard InChI is InChI=1S/C24H22N2O2/c1-28-20-12-10-19(11-13-20)26-23(27)21-8-4-5-9-22(21)25-24(26)15-14-17-6-2-3-7-18(17)16-24/h2-13,25H,14-16H2,1H3/t24-/m1/s1. The number of carbonyl (C=O) groups is 1. The largest absolute Gasteiger partial charge is 0.497 e. The molecular weight excluding hydrogens is 348 g/mol. The number of anilines is 2. The molecule has 1 atom stereocenters. The minimum atomic E-state index is -0.478. The lowest BCUT2D eigenvalue weighted by molar-refractivity contribution is 0.0948. The van der Waals surface area contributed by atoms with E-state index >= 15 is 0 Å². The van der Waals surface area contributed by atoms with Crippen molar-refractivity contribution >= 4 is 17.3 Å². The number of rotatable bonds is 2. The first-order chi connectivity index (χ1) is 13.7. The van der Waals surface area contributed by atoms with E-state index in [1.54, 1.807) is 7.11 Å². The number of amides is 1. The molecule has 1 N–H and O–H groups in total. The SMILES string of the molecule is COc1ccc(N2C(=O)c3ccccc3N[C@]23CCc2ccccc2C3)cc1. The summed E-state index contributed by atoms with van der Waals surface area (Å²) in [6, 6.07) is 24.1. The first kappa shape index (κ1) is 16.9. The van der Waals surface area contributed by atoms with Gasteiger partial charge in [0.1, 0.15) is 11.4 Å². The van der Waals surface area contributed by atoms with E-state index in [1.807, 2.05) is 53.4 Å². The zero-order valence-corrected chi connectivity index (χ0v) is 15.8. The molecule has 1 spiro atoms. The van der Waals surface area contributed by atoms with Crippen molar-refractivity contribution in [2.45, 2.75) is 24.9 Å². The highest BCUT2D eigenvalue weighted by Gasteiger charge is 2.47. The molecule has 5 rings (SSSR count). The number of hydrogen-bond acceptors (Lipinski definition) is 3. The van der Waals surface area contributed by atoms with Crippen LogP contribution in [0.25, 0.3) is 0 Å². The van der Waals surface area contributed by atoms with Crippen molar-refractivity contribution < 1.29 is 9.53 Å². The number of methoxy groups -OCH3 is 1. The Bertz CT molecular complexity index is 1040. The van der Waals surface area contributed by atoms with Gasteiger partial charge in [-0.2, -0.15) is 0 Å². The van der Waals surface area contributed by atoms with Gasteiger partial charge >= 0.3 is 0 Å². The van der Waals surface area contributed by atoms with E-state index in [2.05, 4.69) is 29.6 Å². The summed E-state index contributed by atoms with van der Waals surface area (Å²) in [6.07, 6.45) is 2.57. The van der Waals surface area contributed by atoms with E-state index < -0.39 is 5.66 Å². The highest BCUT2D eigenvalue weighted by atomic mass is 16.5. The van der Waals surface area contributed by atoms with Gasteiger partial charge in [-0.1, -0.05) is 36.4 Å². The number of hydrogen-bond donors (Lipinski definition) is 1. The average molecular weight is 370 g/mol. The molecular formula is C24H22N2O2. The van der Waals surface area contributed by atoms with E-state index in [0.717, 1.165) is 36.4 Å². The van der Waals surface area contributed by atoms with Gasteiger partial charge in [0.25, 0.3) is 5.91 Å². The smallest absolute Gasteiger partial charge is 0.262 e. The summed E-state index contributed by atoms with van der Waals surface area (Å²) in [5, 5.41) is 3.73. The van der Waals surface area contributed by atoms with E-state index in [1.165, 1.54) is 11.1 Å². The third-order valence-corrected chi connectivity index (χ3v) is 5.90. The summed E-state index contributed by atoms with van der Waals surface area (Å²) < 4.78 is 5.30. The maximum atomic E-state index is 13.6. The fraction of sp³-hybridized carbons (Fsp3) is 0.208. The van der Waals surface area contributed by atoms with E-state index in [0.29, 0.717) is 5.56 Å². The third-order valence-electron chi connectivity index (χ3n) is 5.90. The number of nitrogens with one attached hydrogen (secondary N) is 1. The van der Waals surface area contributed by atoms with E-state index in [4.69, 9.17) is 4.74 Å². The van der Waals surface area contributed by atoms with Crippen LogP contribution in [-0.4, -0.2) is 18.7 Å². The van der Waals surface area contributed by atoms with Crippen molar-refractivity contribution in [2.24, 2.45) is 0 Å². The predicted octanol–water partition coefficient (Wildman–Crippen LogP) is 4.65. The van der Waals surface area contributed by atoms with Gasteiger partial charge in [0, 0.05) is 17.8 Å². The Hall–Kier alpha value is -3.27. The van der Waals surface area contributed by atoms with Gasteiger partial charge in [0.05, 0.1) is 12.7 Å². The fourth-order valence-electron chi connectivity index (χ4n) is 4.51. The number of para-hydroxylation sites is 1. The van der Waals surface area contributed by atoms with Crippen LogP contribution in [0.3, 0.4) is 0 Å². The summed E-state index contributed by atoms with van der Waals surface area (Å²) in [4.78, 5) is 15.6. The van der Waals surface area contributed by atoms with Gasteiger partial charge in [0.15, 0.2) is 0 Å². The molecule has 1 heterocycles. The monoisotopic (exact) mass is 370 g/mol. The molecule has 0 saturated carbocycles. The summed E-state index contributed by atoms with van der Waals surface area (Å²) in [5.41, 5.74) is 4.70. The molecule has 0 aromatic heterocycles. The molecule has 4 nitrogen and oxygen atoms in total. The van der Waals surface area contributed by atoms with Crippen LogP contribution in [0, 0.1) is 0 Å². The summed E-state index contributed by atoms with van der Waals surface area (Å²) >= 11 is 0. The van der Waals surface area contributed by atoms with Crippen LogP contribution in [-0.2, 0) is 12.8 Å². The lowest BCUT2D eigenvalue weighted by atomic mass is 9.80. The molecule has 28 heavy (non-hydrogen) atoms. The number of nitrogens with zero attached hydrogens (tertiary/aromatic N) is 1. The van der Waals surface area contributed by atoms with Crippen LogP contribution >= 0.6 is 0 Å².